The number of benzene rings is 1. The number of nitrogens with zero attached hydrogens (tertiary/aromatic N) is 1. The Morgan fingerprint density at radius 3 is 2.65 bits per heavy atom. The lowest BCUT2D eigenvalue weighted by atomic mass is 9.95. The zero-order valence-corrected chi connectivity index (χ0v) is 15.7. The van der Waals surface area contributed by atoms with Crippen molar-refractivity contribution >= 4 is 33.1 Å². The minimum atomic E-state index is -0.0611. The number of carbonyl (C=O) groups excluding carboxylic acids is 1. The van der Waals surface area contributed by atoms with Crippen molar-refractivity contribution in [1.82, 2.24) is 10.3 Å². The van der Waals surface area contributed by atoms with Crippen molar-refractivity contribution in [1.29, 1.82) is 0 Å². The van der Waals surface area contributed by atoms with Crippen molar-refractivity contribution in [2.45, 2.75) is 45.1 Å². The smallest absolute Gasteiger partial charge is 0.263 e. The number of nitrogens with two attached hydrogens (primary N) is 1. The Kier molecular flexibility index (Phi) is 4.64. The number of thiophene rings is 1. The number of carbonyl (C=O) groups is 1. The molecule has 3 N–H and O–H groups in total. The topological polar surface area (TPSA) is 68.0 Å². The first kappa shape index (κ1) is 17.0. The molecule has 26 heavy (non-hydrogen) atoms. The minimum Gasteiger partial charge on any atom is -0.397 e. The van der Waals surface area contributed by atoms with Crippen molar-refractivity contribution in [3.63, 3.8) is 0 Å². The Labute approximate surface area is 157 Å². The van der Waals surface area contributed by atoms with Crippen LogP contribution in [-0.2, 0) is 0 Å². The quantitative estimate of drug-likeness (QED) is 0.692. The van der Waals surface area contributed by atoms with Gasteiger partial charge in [-0.2, -0.15) is 0 Å². The molecular formula is C21H23N3OS. The number of aryl methyl sites for hydroxylation is 1. The van der Waals surface area contributed by atoms with Gasteiger partial charge in [0.2, 0.25) is 0 Å². The fourth-order valence-electron chi connectivity index (χ4n) is 3.76. The van der Waals surface area contributed by atoms with Gasteiger partial charge in [0.15, 0.2) is 0 Å². The summed E-state index contributed by atoms with van der Waals surface area (Å²) in [6.07, 6.45) is 5.75. The second-order valence-electron chi connectivity index (χ2n) is 7.01. The fourth-order valence-corrected chi connectivity index (χ4v) is 4.82. The van der Waals surface area contributed by atoms with E-state index in [1.54, 1.807) is 0 Å². The monoisotopic (exact) mass is 365 g/mol. The van der Waals surface area contributed by atoms with Gasteiger partial charge in [-0.3, -0.25) is 4.79 Å². The summed E-state index contributed by atoms with van der Waals surface area (Å²) < 4.78 is 0. The summed E-state index contributed by atoms with van der Waals surface area (Å²) in [7, 11) is 0. The van der Waals surface area contributed by atoms with Gasteiger partial charge >= 0.3 is 0 Å². The summed E-state index contributed by atoms with van der Waals surface area (Å²) in [5.74, 6) is -0.0611. The van der Waals surface area contributed by atoms with E-state index in [1.807, 2.05) is 31.2 Å². The summed E-state index contributed by atoms with van der Waals surface area (Å²) in [4.78, 5) is 18.9. The van der Waals surface area contributed by atoms with Crippen LogP contribution in [0.15, 0.2) is 36.4 Å². The van der Waals surface area contributed by atoms with Crippen LogP contribution >= 0.6 is 11.3 Å². The van der Waals surface area contributed by atoms with Crippen LogP contribution in [0.4, 0.5) is 5.69 Å². The number of anilines is 1. The predicted octanol–water partition coefficient (Wildman–Crippen LogP) is 4.92. The Morgan fingerprint density at radius 2 is 1.92 bits per heavy atom. The lowest BCUT2D eigenvalue weighted by molar-refractivity contribution is 0.0932. The van der Waals surface area contributed by atoms with Crippen molar-refractivity contribution in [2.24, 2.45) is 0 Å². The number of aromatic nitrogens is 1. The molecule has 0 aliphatic heterocycles. The Hall–Kier alpha value is -2.40. The van der Waals surface area contributed by atoms with Gasteiger partial charge in [-0.25, -0.2) is 4.98 Å². The molecule has 0 saturated heterocycles. The first-order valence-corrected chi connectivity index (χ1v) is 10.0. The molecule has 0 bridgehead atoms. The standard InChI is InChI=1S/C21H23N3OS/c1-13-12-16(14-8-4-2-5-9-14)17-18(22)19(26-21(17)23-13)20(25)24-15-10-6-3-7-11-15/h2,4-5,8-9,12,15H,3,6-7,10-11,22H2,1H3,(H,24,25). The average molecular weight is 366 g/mol. The zero-order valence-electron chi connectivity index (χ0n) is 14.9. The summed E-state index contributed by atoms with van der Waals surface area (Å²) >= 11 is 1.40. The summed E-state index contributed by atoms with van der Waals surface area (Å²) in [6.45, 7) is 1.98. The van der Waals surface area contributed by atoms with E-state index in [1.165, 1.54) is 30.6 Å². The third kappa shape index (κ3) is 3.19. The molecule has 1 saturated carbocycles. The van der Waals surface area contributed by atoms with Crippen LogP contribution in [0.2, 0.25) is 0 Å². The second-order valence-corrected chi connectivity index (χ2v) is 8.01. The Bertz CT molecular complexity index is 943. The number of nitrogen functional groups attached to an aromatic ring is 1. The summed E-state index contributed by atoms with van der Waals surface area (Å²) in [5.41, 5.74) is 10.0. The molecule has 134 valence electrons. The molecule has 0 spiro atoms. The van der Waals surface area contributed by atoms with Crippen LogP contribution in [0.5, 0.6) is 0 Å². The predicted molar refractivity (Wildman–Crippen MR) is 109 cm³/mol. The van der Waals surface area contributed by atoms with Crippen molar-refractivity contribution in [2.75, 3.05) is 5.73 Å². The minimum absolute atomic E-state index is 0.0611. The molecule has 4 rings (SSSR count). The molecule has 5 heteroatoms. The molecule has 1 aliphatic carbocycles. The first-order chi connectivity index (χ1) is 12.6. The van der Waals surface area contributed by atoms with Gasteiger partial charge in [-0.05, 0) is 37.0 Å². The van der Waals surface area contributed by atoms with Crippen molar-refractivity contribution in [3.8, 4) is 11.1 Å². The first-order valence-electron chi connectivity index (χ1n) is 9.19. The van der Waals surface area contributed by atoms with Crippen LogP contribution < -0.4 is 11.1 Å². The molecule has 3 aromatic rings. The number of hydrogen-bond acceptors (Lipinski definition) is 4. The lowest BCUT2D eigenvalue weighted by Gasteiger charge is -2.22. The van der Waals surface area contributed by atoms with Gasteiger partial charge in [0, 0.05) is 17.1 Å². The fraction of sp³-hybridized carbons (Fsp3) is 0.333. The molecule has 1 fully saturated rings. The Balaban J connectivity index is 1.75. The van der Waals surface area contributed by atoms with Crippen LogP contribution in [0.1, 0.15) is 47.5 Å². The van der Waals surface area contributed by atoms with Gasteiger partial charge in [-0.15, -0.1) is 11.3 Å². The van der Waals surface area contributed by atoms with Crippen LogP contribution in [0, 0.1) is 6.92 Å². The third-order valence-corrected chi connectivity index (χ3v) is 6.16. The maximum Gasteiger partial charge on any atom is 0.263 e. The maximum absolute atomic E-state index is 12.8. The molecule has 4 nitrogen and oxygen atoms in total. The number of pyridine rings is 1. The SMILES string of the molecule is Cc1cc(-c2ccccc2)c2c(N)c(C(=O)NC3CCCCC3)sc2n1. The molecule has 1 aromatic carbocycles. The summed E-state index contributed by atoms with van der Waals surface area (Å²) in [6, 6.07) is 12.5. The van der Waals surface area contributed by atoms with E-state index in [0.717, 1.165) is 39.9 Å². The van der Waals surface area contributed by atoms with E-state index >= 15 is 0 Å². The third-order valence-electron chi connectivity index (χ3n) is 5.06. The maximum atomic E-state index is 12.8. The zero-order chi connectivity index (χ0) is 18.1. The van der Waals surface area contributed by atoms with Gasteiger partial charge in [0.05, 0.1) is 5.69 Å². The molecule has 0 radical (unpaired) electrons. The van der Waals surface area contributed by atoms with E-state index in [0.29, 0.717) is 10.6 Å². The molecular weight excluding hydrogens is 342 g/mol. The molecule has 0 atom stereocenters. The van der Waals surface area contributed by atoms with E-state index in [-0.39, 0.29) is 11.9 Å². The largest absolute Gasteiger partial charge is 0.397 e. The highest BCUT2D eigenvalue weighted by Crippen LogP contribution is 2.39. The van der Waals surface area contributed by atoms with Crippen molar-refractivity contribution < 1.29 is 4.79 Å². The van der Waals surface area contributed by atoms with Gasteiger partial charge < -0.3 is 11.1 Å². The van der Waals surface area contributed by atoms with Crippen LogP contribution in [0.25, 0.3) is 21.3 Å². The van der Waals surface area contributed by atoms with Crippen LogP contribution in [0.3, 0.4) is 0 Å². The number of rotatable bonds is 3. The van der Waals surface area contributed by atoms with Gasteiger partial charge in [0.25, 0.3) is 5.91 Å². The summed E-state index contributed by atoms with van der Waals surface area (Å²) in [5, 5.41) is 4.06. The highest BCUT2D eigenvalue weighted by Gasteiger charge is 2.23. The number of amides is 1. The average Bonchev–Trinajstić information content (AvgIpc) is 2.99. The van der Waals surface area contributed by atoms with E-state index < -0.39 is 0 Å². The van der Waals surface area contributed by atoms with Gasteiger partial charge in [0.1, 0.15) is 9.71 Å². The molecule has 1 amide bonds. The molecule has 1 aliphatic rings. The molecule has 2 aromatic heterocycles. The number of nitrogens with one attached hydrogen (secondary N) is 1. The lowest BCUT2D eigenvalue weighted by Crippen LogP contribution is -2.36. The number of hydrogen-bond donors (Lipinski definition) is 2. The number of fused-ring (bicyclic) bond motifs is 1. The van der Waals surface area contributed by atoms with Crippen LogP contribution in [-0.4, -0.2) is 16.9 Å². The molecule has 0 unspecified atom stereocenters. The second kappa shape index (κ2) is 7.08. The van der Waals surface area contributed by atoms with Gasteiger partial charge in [-0.1, -0.05) is 49.6 Å². The Morgan fingerprint density at radius 1 is 1.19 bits per heavy atom. The highest BCUT2D eigenvalue weighted by molar-refractivity contribution is 7.21. The normalized spacial score (nSPS) is 15.3. The van der Waals surface area contributed by atoms with Crippen molar-refractivity contribution in [3.05, 3.63) is 47.0 Å². The highest BCUT2D eigenvalue weighted by atomic mass is 32.1. The molecule has 2 heterocycles. The van der Waals surface area contributed by atoms with E-state index in [4.69, 9.17) is 5.73 Å². The van der Waals surface area contributed by atoms with E-state index in [9.17, 15) is 4.79 Å². The van der Waals surface area contributed by atoms with E-state index in [2.05, 4.69) is 22.4 Å².